The summed E-state index contributed by atoms with van der Waals surface area (Å²) in [6, 6.07) is 1.43. The van der Waals surface area contributed by atoms with Crippen LogP contribution in [0.3, 0.4) is 0 Å². The monoisotopic (exact) mass is 485 g/mol. The van der Waals surface area contributed by atoms with Crippen molar-refractivity contribution in [3.8, 4) is 0 Å². The summed E-state index contributed by atoms with van der Waals surface area (Å²) in [5.74, 6) is 0. The van der Waals surface area contributed by atoms with Crippen LogP contribution in [-0.2, 0) is 17.6 Å². The number of piperidine rings is 1. The van der Waals surface area contributed by atoms with E-state index >= 15 is 0 Å². The van der Waals surface area contributed by atoms with E-state index in [9.17, 15) is 17.6 Å². The third-order valence-electron chi connectivity index (χ3n) is 6.66. The van der Waals surface area contributed by atoms with Crippen molar-refractivity contribution in [1.82, 2.24) is 19.7 Å². The largest absolute Gasteiger partial charge is 0.416 e. The van der Waals surface area contributed by atoms with Gasteiger partial charge in [0, 0.05) is 55.5 Å². The fourth-order valence-electron chi connectivity index (χ4n) is 4.84. The SMILES string of the molecule is CNc1cc(Cc2cnn([C@H]3CCN(C4COC4)C[C@@H]3F)c2Cl)nc2c1C(C(F)(F)F)=CC2. The van der Waals surface area contributed by atoms with E-state index in [4.69, 9.17) is 16.3 Å². The minimum absolute atomic E-state index is 0.0967. The van der Waals surface area contributed by atoms with E-state index in [1.807, 2.05) is 0 Å². The molecule has 2 aromatic rings. The molecule has 0 unspecified atom stereocenters. The predicted octanol–water partition coefficient (Wildman–Crippen LogP) is 4.05. The third kappa shape index (κ3) is 4.13. The van der Waals surface area contributed by atoms with E-state index in [0.29, 0.717) is 54.0 Å². The van der Waals surface area contributed by atoms with Crippen LogP contribution < -0.4 is 5.32 Å². The van der Waals surface area contributed by atoms with Crippen LogP contribution in [-0.4, -0.2) is 71.4 Å². The Hall–Kier alpha value is -2.17. The Morgan fingerprint density at radius 3 is 2.73 bits per heavy atom. The van der Waals surface area contributed by atoms with E-state index in [-0.39, 0.29) is 24.4 Å². The fraction of sp³-hybridized carbons (Fsp3) is 0.545. The van der Waals surface area contributed by atoms with Gasteiger partial charge in [-0.05, 0) is 12.5 Å². The number of likely N-dealkylation sites (tertiary alicyclic amines) is 1. The molecule has 0 bridgehead atoms. The molecule has 2 aliphatic heterocycles. The number of ether oxygens (including phenoxy) is 1. The fourth-order valence-corrected chi connectivity index (χ4v) is 5.12. The minimum atomic E-state index is -4.44. The lowest BCUT2D eigenvalue weighted by molar-refractivity contribution is -0.0847. The topological polar surface area (TPSA) is 55.2 Å². The van der Waals surface area contributed by atoms with Gasteiger partial charge in [-0.15, -0.1) is 0 Å². The van der Waals surface area contributed by atoms with Gasteiger partial charge in [0.1, 0.15) is 11.3 Å². The van der Waals surface area contributed by atoms with Gasteiger partial charge in [-0.1, -0.05) is 17.7 Å². The number of alkyl halides is 4. The first kappa shape index (κ1) is 22.6. The quantitative estimate of drug-likeness (QED) is 0.648. The lowest BCUT2D eigenvalue weighted by Crippen LogP contribution is -2.55. The lowest BCUT2D eigenvalue weighted by atomic mass is 10.0. The van der Waals surface area contributed by atoms with Gasteiger partial charge >= 0.3 is 6.18 Å². The van der Waals surface area contributed by atoms with Crippen LogP contribution in [0.25, 0.3) is 5.57 Å². The summed E-state index contributed by atoms with van der Waals surface area (Å²) in [5.41, 5.74) is 1.42. The molecule has 6 nitrogen and oxygen atoms in total. The average molecular weight is 486 g/mol. The highest BCUT2D eigenvalue weighted by Gasteiger charge is 2.40. The molecular weight excluding hydrogens is 462 g/mol. The molecule has 0 amide bonds. The van der Waals surface area contributed by atoms with Crippen molar-refractivity contribution >= 4 is 22.9 Å². The summed E-state index contributed by atoms with van der Waals surface area (Å²) in [7, 11) is 1.58. The number of nitrogens with one attached hydrogen (secondary N) is 1. The minimum Gasteiger partial charge on any atom is -0.388 e. The number of halogens is 5. The van der Waals surface area contributed by atoms with Crippen LogP contribution in [0.15, 0.2) is 18.3 Å². The second-order valence-corrected chi connectivity index (χ2v) is 9.05. The second kappa shape index (κ2) is 8.56. The zero-order valence-corrected chi connectivity index (χ0v) is 18.8. The van der Waals surface area contributed by atoms with Crippen molar-refractivity contribution < 1.29 is 22.3 Å². The molecule has 0 spiro atoms. The highest BCUT2D eigenvalue weighted by Crippen LogP contribution is 2.43. The first-order chi connectivity index (χ1) is 15.8. The van der Waals surface area contributed by atoms with Gasteiger partial charge in [-0.2, -0.15) is 18.3 Å². The van der Waals surface area contributed by atoms with Crippen LogP contribution in [0, 0.1) is 0 Å². The van der Waals surface area contributed by atoms with Gasteiger partial charge in [0.2, 0.25) is 0 Å². The summed E-state index contributed by atoms with van der Waals surface area (Å²) in [6.45, 7) is 2.35. The first-order valence-corrected chi connectivity index (χ1v) is 11.3. The van der Waals surface area contributed by atoms with Crippen molar-refractivity contribution in [2.45, 2.75) is 43.7 Å². The molecule has 3 aliphatic rings. The molecule has 11 heteroatoms. The molecule has 2 aromatic heterocycles. The number of rotatable bonds is 5. The Morgan fingerprint density at radius 2 is 2.09 bits per heavy atom. The average Bonchev–Trinajstić information content (AvgIpc) is 3.31. The van der Waals surface area contributed by atoms with Crippen molar-refractivity contribution in [3.63, 3.8) is 0 Å². The number of hydrogen-bond donors (Lipinski definition) is 1. The molecular formula is C22H24ClF4N5O. The third-order valence-corrected chi connectivity index (χ3v) is 7.07. The van der Waals surface area contributed by atoms with Crippen molar-refractivity contribution in [2.24, 2.45) is 0 Å². The maximum Gasteiger partial charge on any atom is 0.416 e. The zero-order valence-electron chi connectivity index (χ0n) is 18.0. The molecule has 2 fully saturated rings. The molecule has 0 saturated carbocycles. The molecule has 178 valence electrons. The molecule has 1 aliphatic carbocycles. The van der Waals surface area contributed by atoms with Crippen LogP contribution >= 0.6 is 11.6 Å². The number of pyridine rings is 1. The van der Waals surface area contributed by atoms with Gasteiger partial charge < -0.3 is 10.1 Å². The maximum atomic E-state index is 15.0. The standard InChI is InChI=1S/C22H24ClF4N5O/c1-28-18-7-13(30-17-3-2-15(20(17)18)22(25,26)27)6-12-8-29-32(21(12)23)19-4-5-31(9-16(19)24)14-10-33-11-14/h2,7-8,14,16,19H,3-6,9-11H2,1H3,(H,28,30)/t16-,19-/m0/s1. The van der Waals surface area contributed by atoms with Crippen LogP contribution in [0.5, 0.6) is 0 Å². The summed E-state index contributed by atoms with van der Waals surface area (Å²) in [6.07, 6.45) is -1.79. The summed E-state index contributed by atoms with van der Waals surface area (Å²) in [5, 5.41) is 7.54. The normalized spacial score (nSPS) is 23.9. The summed E-state index contributed by atoms with van der Waals surface area (Å²) >= 11 is 6.58. The Balaban J connectivity index is 1.34. The predicted molar refractivity (Wildman–Crippen MR) is 116 cm³/mol. The Labute approximate surface area is 193 Å². The van der Waals surface area contributed by atoms with E-state index in [2.05, 4.69) is 20.3 Å². The molecule has 2 saturated heterocycles. The number of hydrogen-bond acceptors (Lipinski definition) is 5. The van der Waals surface area contributed by atoms with Crippen LogP contribution in [0.1, 0.15) is 35.0 Å². The Bertz CT molecular complexity index is 1080. The van der Waals surface area contributed by atoms with Gasteiger partial charge in [0.25, 0.3) is 0 Å². The number of anilines is 1. The highest BCUT2D eigenvalue weighted by atomic mass is 35.5. The van der Waals surface area contributed by atoms with Crippen molar-refractivity contribution in [1.29, 1.82) is 0 Å². The smallest absolute Gasteiger partial charge is 0.388 e. The van der Waals surface area contributed by atoms with Gasteiger partial charge in [-0.3, -0.25) is 9.88 Å². The van der Waals surface area contributed by atoms with E-state index in [1.54, 1.807) is 19.3 Å². The highest BCUT2D eigenvalue weighted by molar-refractivity contribution is 6.30. The van der Waals surface area contributed by atoms with E-state index < -0.39 is 24.0 Å². The van der Waals surface area contributed by atoms with Crippen molar-refractivity contribution in [2.75, 3.05) is 38.7 Å². The zero-order chi connectivity index (χ0) is 23.3. The Kier molecular flexibility index (Phi) is 5.86. The number of fused-ring (bicyclic) bond motifs is 1. The number of allylic oxidation sites excluding steroid dienone is 2. The van der Waals surface area contributed by atoms with Crippen LogP contribution in [0.4, 0.5) is 23.2 Å². The van der Waals surface area contributed by atoms with Crippen LogP contribution in [0.2, 0.25) is 5.15 Å². The molecule has 2 atom stereocenters. The second-order valence-electron chi connectivity index (χ2n) is 8.69. The summed E-state index contributed by atoms with van der Waals surface area (Å²) in [4.78, 5) is 6.57. The van der Waals surface area contributed by atoms with E-state index in [1.165, 1.54) is 4.68 Å². The molecule has 4 heterocycles. The maximum absolute atomic E-state index is 15.0. The van der Waals surface area contributed by atoms with E-state index in [0.717, 1.165) is 12.6 Å². The molecule has 1 N–H and O–H groups in total. The molecule has 0 radical (unpaired) electrons. The first-order valence-electron chi connectivity index (χ1n) is 10.9. The van der Waals surface area contributed by atoms with Gasteiger partial charge in [0.15, 0.2) is 0 Å². The molecule has 5 rings (SSSR count). The van der Waals surface area contributed by atoms with Crippen molar-refractivity contribution in [3.05, 3.63) is 46.0 Å². The number of nitrogens with zero attached hydrogens (tertiary/aromatic N) is 4. The van der Waals surface area contributed by atoms with Gasteiger partial charge in [-0.25, -0.2) is 9.07 Å². The Morgan fingerprint density at radius 1 is 1.30 bits per heavy atom. The van der Waals surface area contributed by atoms with Gasteiger partial charge in [0.05, 0.1) is 42.8 Å². The lowest BCUT2D eigenvalue weighted by Gasteiger charge is -2.42. The number of aromatic nitrogens is 3. The molecule has 0 aromatic carbocycles. The molecule has 33 heavy (non-hydrogen) atoms. The summed E-state index contributed by atoms with van der Waals surface area (Å²) < 4.78 is 61.8.